The highest BCUT2D eigenvalue weighted by Crippen LogP contribution is 2.22. The van der Waals surface area contributed by atoms with Crippen molar-refractivity contribution in [1.82, 2.24) is 5.32 Å². The molecule has 0 aromatic heterocycles. The van der Waals surface area contributed by atoms with Gasteiger partial charge in [-0.25, -0.2) is 0 Å². The highest BCUT2D eigenvalue weighted by Gasteiger charge is 2.09. The summed E-state index contributed by atoms with van der Waals surface area (Å²) in [5.41, 5.74) is 1.09. The van der Waals surface area contributed by atoms with Gasteiger partial charge in [0.05, 0.1) is 6.61 Å². The molecular weight excluding hydrogens is 403 g/mol. The maximum Gasteiger partial charge on any atom is 0.257 e. The van der Waals surface area contributed by atoms with Crippen molar-refractivity contribution in [2.24, 2.45) is 0 Å². The third-order valence-corrected chi connectivity index (χ3v) is 4.37. The standard InChI is InChI=1S/C20H22Cl2N2O2S/c1-2-3-4-5-10-26-18-8-6-14(7-9-18)19(25)24-20(27)23-17-12-15(21)11-16(22)13-17/h6-9,11-13H,2-5,10H2,1H3,(H2,23,24,25,27). The van der Waals surface area contributed by atoms with Crippen molar-refractivity contribution in [3.05, 3.63) is 58.1 Å². The number of anilines is 1. The number of carbonyl (C=O) groups is 1. The van der Waals surface area contributed by atoms with E-state index in [0.717, 1.165) is 12.2 Å². The van der Waals surface area contributed by atoms with Crippen molar-refractivity contribution in [2.75, 3.05) is 11.9 Å². The summed E-state index contributed by atoms with van der Waals surface area (Å²) in [5.74, 6) is 0.437. The lowest BCUT2D eigenvalue weighted by atomic mass is 10.2. The van der Waals surface area contributed by atoms with E-state index in [-0.39, 0.29) is 11.0 Å². The molecule has 0 bridgehead atoms. The molecule has 0 fully saturated rings. The first-order chi connectivity index (χ1) is 13.0. The summed E-state index contributed by atoms with van der Waals surface area (Å²) in [4.78, 5) is 12.3. The highest BCUT2D eigenvalue weighted by atomic mass is 35.5. The van der Waals surface area contributed by atoms with Crippen LogP contribution in [0.2, 0.25) is 10.0 Å². The van der Waals surface area contributed by atoms with E-state index in [1.807, 2.05) is 0 Å². The fourth-order valence-corrected chi connectivity index (χ4v) is 3.12. The van der Waals surface area contributed by atoms with Gasteiger partial charge >= 0.3 is 0 Å². The molecule has 7 heteroatoms. The third kappa shape index (κ3) is 7.75. The molecule has 0 saturated heterocycles. The summed E-state index contributed by atoms with van der Waals surface area (Å²) in [6.07, 6.45) is 4.62. The number of ether oxygens (including phenoxy) is 1. The van der Waals surface area contributed by atoms with Gasteiger partial charge in [0, 0.05) is 21.3 Å². The first-order valence-corrected chi connectivity index (χ1v) is 9.95. The SMILES string of the molecule is CCCCCCOc1ccc(C(=O)NC(=S)Nc2cc(Cl)cc(Cl)c2)cc1. The van der Waals surface area contributed by atoms with Gasteiger partial charge in [-0.2, -0.15) is 0 Å². The number of nitrogens with one attached hydrogen (secondary N) is 2. The van der Waals surface area contributed by atoms with Gasteiger partial charge in [-0.05, 0) is 61.1 Å². The van der Waals surface area contributed by atoms with Gasteiger partial charge in [-0.15, -0.1) is 0 Å². The molecule has 0 saturated carbocycles. The Labute approximate surface area is 175 Å². The number of thiocarbonyl (C=S) groups is 1. The zero-order valence-corrected chi connectivity index (χ0v) is 17.4. The topological polar surface area (TPSA) is 50.4 Å². The molecule has 0 heterocycles. The zero-order chi connectivity index (χ0) is 19.6. The number of amides is 1. The zero-order valence-electron chi connectivity index (χ0n) is 15.1. The molecule has 0 radical (unpaired) electrons. The molecule has 0 aliphatic rings. The van der Waals surface area contributed by atoms with E-state index in [2.05, 4.69) is 17.6 Å². The van der Waals surface area contributed by atoms with E-state index < -0.39 is 0 Å². The minimum atomic E-state index is -0.310. The molecule has 0 aliphatic carbocycles. The van der Waals surface area contributed by atoms with Crippen LogP contribution in [0.3, 0.4) is 0 Å². The molecule has 2 rings (SSSR count). The smallest absolute Gasteiger partial charge is 0.257 e. The van der Waals surface area contributed by atoms with Gasteiger partial charge in [0.25, 0.3) is 5.91 Å². The van der Waals surface area contributed by atoms with Crippen LogP contribution in [0.1, 0.15) is 43.0 Å². The summed E-state index contributed by atoms with van der Waals surface area (Å²) in [6.45, 7) is 2.86. The summed E-state index contributed by atoms with van der Waals surface area (Å²) >= 11 is 17.1. The Balaban J connectivity index is 1.83. The Morgan fingerprint density at radius 1 is 1.04 bits per heavy atom. The van der Waals surface area contributed by atoms with E-state index in [1.54, 1.807) is 42.5 Å². The Morgan fingerprint density at radius 3 is 2.33 bits per heavy atom. The van der Waals surface area contributed by atoms with E-state index in [1.165, 1.54) is 19.3 Å². The summed E-state index contributed by atoms with van der Waals surface area (Å²) in [6, 6.07) is 11.9. The monoisotopic (exact) mass is 424 g/mol. The van der Waals surface area contributed by atoms with E-state index >= 15 is 0 Å². The average Bonchev–Trinajstić information content (AvgIpc) is 2.61. The Bertz CT molecular complexity index is 762. The molecule has 4 nitrogen and oxygen atoms in total. The molecule has 0 spiro atoms. The Hall–Kier alpha value is -1.82. The lowest BCUT2D eigenvalue weighted by Crippen LogP contribution is -2.34. The number of unbranched alkanes of at least 4 members (excludes halogenated alkanes) is 3. The van der Waals surface area contributed by atoms with Crippen molar-refractivity contribution >= 4 is 52.1 Å². The molecule has 0 atom stereocenters. The van der Waals surface area contributed by atoms with Crippen LogP contribution in [-0.4, -0.2) is 17.6 Å². The molecule has 1 amide bonds. The number of carbonyl (C=O) groups excluding carboxylic acids is 1. The van der Waals surface area contributed by atoms with Crippen molar-refractivity contribution < 1.29 is 9.53 Å². The van der Waals surface area contributed by atoms with Crippen molar-refractivity contribution in [1.29, 1.82) is 0 Å². The van der Waals surface area contributed by atoms with Crippen molar-refractivity contribution in [3.63, 3.8) is 0 Å². The normalized spacial score (nSPS) is 10.3. The highest BCUT2D eigenvalue weighted by molar-refractivity contribution is 7.80. The lowest BCUT2D eigenvalue weighted by Gasteiger charge is -2.11. The Kier molecular flexibility index (Phi) is 8.85. The van der Waals surface area contributed by atoms with Crippen LogP contribution in [0.15, 0.2) is 42.5 Å². The molecule has 2 N–H and O–H groups in total. The van der Waals surface area contributed by atoms with Gasteiger partial charge in [0.1, 0.15) is 5.75 Å². The number of hydrogen-bond acceptors (Lipinski definition) is 3. The molecule has 0 aliphatic heterocycles. The summed E-state index contributed by atoms with van der Waals surface area (Å²) < 4.78 is 5.67. The van der Waals surface area contributed by atoms with Crippen LogP contribution in [-0.2, 0) is 0 Å². The molecule has 2 aromatic rings. The first kappa shape index (κ1) is 21.5. The minimum Gasteiger partial charge on any atom is -0.494 e. The number of hydrogen-bond donors (Lipinski definition) is 2. The lowest BCUT2D eigenvalue weighted by molar-refractivity contribution is 0.0977. The minimum absolute atomic E-state index is 0.162. The second-order valence-electron chi connectivity index (χ2n) is 6.00. The number of rotatable bonds is 8. The predicted octanol–water partition coefficient (Wildman–Crippen LogP) is 6.08. The van der Waals surface area contributed by atoms with Gasteiger partial charge in [0.15, 0.2) is 5.11 Å². The third-order valence-electron chi connectivity index (χ3n) is 3.73. The fraction of sp³-hybridized carbons (Fsp3) is 0.300. The number of benzene rings is 2. The van der Waals surface area contributed by atoms with Crippen LogP contribution in [0, 0.1) is 0 Å². The van der Waals surface area contributed by atoms with Crippen LogP contribution in [0.5, 0.6) is 5.75 Å². The quantitative estimate of drug-likeness (QED) is 0.398. The van der Waals surface area contributed by atoms with Crippen LogP contribution < -0.4 is 15.4 Å². The van der Waals surface area contributed by atoms with Crippen LogP contribution in [0.4, 0.5) is 5.69 Å². The van der Waals surface area contributed by atoms with E-state index in [9.17, 15) is 4.79 Å². The molecule has 27 heavy (non-hydrogen) atoms. The molecule has 144 valence electrons. The molecular formula is C20H22Cl2N2O2S. The first-order valence-electron chi connectivity index (χ1n) is 8.79. The second-order valence-corrected chi connectivity index (χ2v) is 7.28. The fourth-order valence-electron chi connectivity index (χ4n) is 2.39. The van der Waals surface area contributed by atoms with Crippen LogP contribution in [0.25, 0.3) is 0 Å². The molecule has 0 unspecified atom stereocenters. The van der Waals surface area contributed by atoms with Crippen molar-refractivity contribution in [3.8, 4) is 5.75 Å². The second kappa shape index (κ2) is 11.1. The van der Waals surface area contributed by atoms with Gasteiger partial charge in [0.2, 0.25) is 0 Å². The Morgan fingerprint density at radius 2 is 1.70 bits per heavy atom. The predicted molar refractivity (Wildman–Crippen MR) is 116 cm³/mol. The van der Waals surface area contributed by atoms with E-state index in [0.29, 0.717) is 27.9 Å². The van der Waals surface area contributed by atoms with E-state index in [4.69, 9.17) is 40.2 Å². The van der Waals surface area contributed by atoms with Gasteiger partial charge in [-0.3, -0.25) is 10.1 Å². The van der Waals surface area contributed by atoms with Gasteiger partial charge in [-0.1, -0.05) is 49.4 Å². The summed E-state index contributed by atoms with van der Waals surface area (Å²) in [7, 11) is 0. The maximum atomic E-state index is 12.3. The maximum absolute atomic E-state index is 12.3. The van der Waals surface area contributed by atoms with Crippen LogP contribution >= 0.6 is 35.4 Å². The average molecular weight is 425 g/mol. The largest absolute Gasteiger partial charge is 0.494 e. The number of halogens is 2. The molecule has 2 aromatic carbocycles. The van der Waals surface area contributed by atoms with Gasteiger partial charge < -0.3 is 10.1 Å². The van der Waals surface area contributed by atoms with Crippen molar-refractivity contribution in [2.45, 2.75) is 32.6 Å². The summed E-state index contributed by atoms with van der Waals surface area (Å²) in [5, 5.41) is 6.62.